The summed E-state index contributed by atoms with van der Waals surface area (Å²) >= 11 is 0. The lowest BCUT2D eigenvalue weighted by Crippen LogP contribution is -2.38. The first-order valence-electron chi connectivity index (χ1n) is 5.72. The molecule has 110 valence electrons. The fourth-order valence-electron chi connectivity index (χ4n) is 1.33. The van der Waals surface area contributed by atoms with Crippen molar-refractivity contribution in [3.8, 4) is 0 Å². The second-order valence-corrected chi connectivity index (χ2v) is 6.50. The van der Waals surface area contributed by atoms with Crippen molar-refractivity contribution in [1.82, 2.24) is 9.62 Å². The van der Waals surface area contributed by atoms with Crippen molar-refractivity contribution in [1.29, 1.82) is 0 Å². The van der Waals surface area contributed by atoms with E-state index in [9.17, 15) is 18.0 Å². The van der Waals surface area contributed by atoms with Gasteiger partial charge in [-0.2, -0.15) is 0 Å². The van der Waals surface area contributed by atoms with Gasteiger partial charge in [0.25, 0.3) is 5.91 Å². The normalized spacial score (nSPS) is 13.0. The lowest BCUT2D eigenvalue weighted by Gasteiger charge is -2.12. The van der Waals surface area contributed by atoms with E-state index in [2.05, 4.69) is 5.32 Å². The molecule has 7 nitrogen and oxygen atoms in total. The van der Waals surface area contributed by atoms with Crippen LogP contribution in [0.4, 0.5) is 0 Å². The number of hydrogen-bond acceptors (Lipinski definition) is 4. The summed E-state index contributed by atoms with van der Waals surface area (Å²) in [7, 11) is -0.734. The van der Waals surface area contributed by atoms with E-state index in [1.807, 2.05) is 0 Å². The molecule has 1 rings (SSSR count). The first-order chi connectivity index (χ1) is 9.16. The van der Waals surface area contributed by atoms with Gasteiger partial charge in [0.05, 0.1) is 4.90 Å². The quantitative estimate of drug-likeness (QED) is 0.805. The summed E-state index contributed by atoms with van der Waals surface area (Å²) in [6, 6.07) is 4.25. The summed E-state index contributed by atoms with van der Waals surface area (Å²) in [5.41, 5.74) is 0.191. The third kappa shape index (κ3) is 3.55. The highest BCUT2D eigenvalue weighted by Gasteiger charge is 2.19. The predicted molar refractivity (Wildman–Crippen MR) is 71.9 cm³/mol. The average Bonchev–Trinajstić information content (AvgIpc) is 2.38. The SMILES string of the molecule is CC(NC(=O)c1ccc(S(=O)(=O)N(C)C)cc1)C(=O)O. The molecule has 2 N–H and O–H groups in total. The number of carboxylic acids is 1. The van der Waals surface area contributed by atoms with Gasteiger partial charge in [-0.1, -0.05) is 0 Å². The van der Waals surface area contributed by atoms with E-state index >= 15 is 0 Å². The van der Waals surface area contributed by atoms with Crippen molar-refractivity contribution >= 4 is 21.9 Å². The van der Waals surface area contributed by atoms with Gasteiger partial charge in [-0.15, -0.1) is 0 Å². The van der Waals surface area contributed by atoms with Gasteiger partial charge < -0.3 is 10.4 Å². The molecule has 1 atom stereocenters. The molecule has 0 radical (unpaired) electrons. The van der Waals surface area contributed by atoms with E-state index in [0.717, 1.165) is 4.31 Å². The lowest BCUT2D eigenvalue weighted by atomic mass is 10.2. The number of sulfonamides is 1. The Bertz CT molecular complexity index is 607. The van der Waals surface area contributed by atoms with Gasteiger partial charge in [0.15, 0.2) is 0 Å². The molecular weight excluding hydrogens is 284 g/mol. The summed E-state index contributed by atoms with van der Waals surface area (Å²) in [5, 5.41) is 11.0. The number of nitrogens with zero attached hydrogens (tertiary/aromatic N) is 1. The molecule has 0 aliphatic carbocycles. The van der Waals surface area contributed by atoms with E-state index in [1.54, 1.807) is 0 Å². The molecule has 8 heteroatoms. The number of amides is 1. The maximum atomic E-state index is 11.8. The molecule has 0 saturated carbocycles. The zero-order chi connectivity index (χ0) is 15.5. The van der Waals surface area contributed by atoms with E-state index in [-0.39, 0.29) is 10.5 Å². The molecule has 20 heavy (non-hydrogen) atoms. The minimum absolute atomic E-state index is 0.0605. The maximum absolute atomic E-state index is 11.8. The number of hydrogen-bond donors (Lipinski definition) is 2. The first-order valence-corrected chi connectivity index (χ1v) is 7.16. The molecule has 0 aliphatic rings. The summed E-state index contributed by atoms with van der Waals surface area (Å²) in [6.07, 6.45) is 0. The molecule has 1 unspecified atom stereocenters. The van der Waals surface area contributed by atoms with E-state index < -0.39 is 27.9 Å². The Hall–Kier alpha value is -1.93. The lowest BCUT2D eigenvalue weighted by molar-refractivity contribution is -0.138. The van der Waals surface area contributed by atoms with Crippen LogP contribution in [-0.2, 0) is 14.8 Å². The van der Waals surface area contributed by atoms with Crippen molar-refractivity contribution in [2.24, 2.45) is 0 Å². The Labute approximate surface area is 117 Å². The van der Waals surface area contributed by atoms with Crippen LogP contribution in [0.5, 0.6) is 0 Å². The van der Waals surface area contributed by atoms with Gasteiger partial charge in [-0.25, -0.2) is 12.7 Å². The van der Waals surface area contributed by atoms with Gasteiger partial charge >= 0.3 is 5.97 Å². The summed E-state index contributed by atoms with van der Waals surface area (Å²) in [4.78, 5) is 22.4. The minimum atomic E-state index is -3.55. The van der Waals surface area contributed by atoms with E-state index in [4.69, 9.17) is 5.11 Å². The largest absolute Gasteiger partial charge is 0.480 e. The summed E-state index contributed by atoms with van der Waals surface area (Å²) in [5.74, 6) is -1.72. The highest BCUT2D eigenvalue weighted by atomic mass is 32.2. The molecule has 0 bridgehead atoms. The second kappa shape index (κ2) is 6.02. The summed E-state index contributed by atoms with van der Waals surface area (Å²) in [6.45, 7) is 1.34. The molecule has 0 heterocycles. The highest BCUT2D eigenvalue weighted by molar-refractivity contribution is 7.89. The number of rotatable bonds is 5. The zero-order valence-electron chi connectivity index (χ0n) is 11.3. The monoisotopic (exact) mass is 300 g/mol. The standard InChI is InChI=1S/C12H16N2O5S/c1-8(12(16)17)13-11(15)9-4-6-10(7-5-9)20(18,19)14(2)3/h4-8H,1-3H3,(H,13,15)(H,16,17). The van der Waals surface area contributed by atoms with Gasteiger partial charge in [0.2, 0.25) is 10.0 Å². The second-order valence-electron chi connectivity index (χ2n) is 4.35. The van der Waals surface area contributed by atoms with Crippen LogP contribution in [0.1, 0.15) is 17.3 Å². The smallest absolute Gasteiger partial charge is 0.325 e. The van der Waals surface area contributed by atoms with E-state index in [1.165, 1.54) is 45.3 Å². The zero-order valence-corrected chi connectivity index (χ0v) is 12.1. The Balaban J connectivity index is 2.92. The first kappa shape index (κ1) is 16.1. The van der Waals surface area contributed by atoms with Gasteiger partial charge in [-0.3, -0.25) is 9.59 Å². The van der Waals surface area contributed by atoms with Crippen LogP contribution in [0.15, 0.2) is 29.2 Å². The molecule has 1 aromatic rings. The van der Waals surface area contributed by atoms with Crippen molar-refractivity contribution in [2.45, 2.75) is 17.9 Å². The van der Waals surface area contributed by atoms with Gasteiger partial charge in [-0.05, 0) is 31.2 Å². The molecular formula is C12H16N2O5S. The molecule has 1 amide bonds. The fourth-order valence-corrected chi connectivity index (χ4v) is 2.23. The van der Waals surface area contributed by atoms with Crippen molar-refractivity contribution in [3.63, 3.8) is 0 Å². The van der Waals surface area contributed by atoms with E-state index in [0.29, 0.717) is 0 Å². The Kier molecular flexibility index (Phi) is 4.85. The fraction of sp³-hybridized carbons (Fsp3) is 0.333. The van der Waals surface area contributed by atoms with Crippen molar-refractivity contribution in [2.75, 3.05) is 14.1 Å². The van der Waals surface area contributed by atoms with Crippen LogP contribution < -0.4 is 5.32 Å². The molecule has 0 aliphatic heterocycles. The number of carboxylic acid groups (broad SMARTS) is 1. The third-order valence-electron chi connectivity index (χ3n) is 2.61. The number of aliphatic carboxylic acids is 1. The molecule has 0 saturated heterocycles. The van der Waals surface area contributed by atoms with Crippen LogP contribution >= 0.6 is 0 Å². The van der Waals surface area contributed by atoms with Crippen molar-refractivity contribution in [3.05, 3.63) is 29.8 Å². The Morgan fingerprint density at radius 2 is 1.70 bits per heavy atom. The number of benzene rings is 1. The minimum Gasteiger partial charge on any atom is -0.480 e. The number of carbonyl (C=O) groups is 2. The number of carbonyl (C=O) groups excluding carboxylic acids is 1. The third-order valence-corrected chi connectivity index (χ3v) is 4.44. The molecule has 0 aromatic heterocycles. The highest BCUT2D eigenvalue weighted by Crippen LogP contribution is 2.14. The molecule has 0 fully saturated rings. The maximum Gasteiger partial charge on any atom is 0.325 e. The van der Waals surface area contributed by atoms with Gasteiger partial charge in [0, 0.05) is 19.7 Å². The average molecular weight is 300 g/mol. The Morgan fingerprint density at radius 3 is 2.10 bits per heavy atom. The predicted octanol–water partition coefficient (Wildman–Crippen LogP) is 0.140. The van der Waals surface area contributed by atoms with Crippen LogP contribution in [0.25, 0.3) is 0 Å². The number of nitrogens with one attached hydrogen (secondary N) is 1. The van der Waals surface area contributed by atoms with Crippen LogP contribution in [0.2, 0.25) is 0 Å². The molecule has 1 aromatic carbocycles. The van der Waals surface area contributed by atoms with Crippen molar-refractivity contribution < 1.29 is 23.1 Å². The summed E-state index contributed by atoms with van der Waals surface area (Å²) < 4.78 is 24.7. The van der Waals surface area contributed by atoms with Gasteiger partial charge in [0.1, 0.15) is 6.04 Å². The van der Waals surface area contributed by atoms with Crippen LogP contribution in [0, 0.1) is 0 Å². The Morgan fingerprint density at radius 1 is 1.20 bits per heavy atom. The van der Waals surface area contributed by atoms with Crippen LogP contribution in [0.3, 0.4) is 0 Å². The van der Waals surface area contributed by atoms with Crippen LogP contribution in [-0.4, -0.2) is 49.8 Å². The topological polar surface area (TPSA) is 104 Å². The molecule has 0 spiro atoms.